The van der Waals surface area contributed by atoms with Crippen molar-refractivity contribution in [2.75, 3.05) is 0 Å². The van der Waals surface area contributed by atoms with Crippen LogP contribution in [0.5, 0.6) is 0 Å². The molecule has 10 nitrogen and oxygen atoms in total. The Morgan fingerprint density at radius 2 is 0.667 bits per heavy atom. The van der Waals surface area contributed by atoms with Crippen LogP contribution in [0.2, 0.25) is 0 Å². The van der Waals surface area contributed by atoms with Crippen LogP contribution >= 0.6 is 0 Å². The lowest BCUT2D eigenvalue weighted by Crippen LogP contribution is -2.08. The van der Waals surface area contributed by atoms with E-state index in [4.69, 9.17) is 44.9 Å². The molecule has 0 unspecified atom stereocenters. The SMILES string of the molecule is CC(C)c1nc(-c2ccc(-c3nc(-c4ccccc4)nc(-c4cc(-c5cccnc5)cc(-c5nc(C(C)C)nc(C(C)C)n5)c4)n3)cc2)nc(C(C)C)n1. The second-order valence-electron chi connectivity index (χ2n) is 14.7. The summed E-state index contributed by atoms with van der Waals surface area (Å²) in [4.78, 5) is 48.6. The van der Waals surface area contributed by atoms with Crippen molar-refractivity contribution in [2.24, 2.45) is 0 Å². The molecule has 0 spiro atoms. The minimum Gasteiger partial charge on any atom is -0.264 e. The third-order valence-corrected chi connectivity index (χ3v) is 8.92. The summed E-state index contributed by atoms with van der Waals surface area (Å²) < 4.78 is 0. The Kier molecular flexibility index (Phi) is 10.4. The minimum atomic E-state index is 0.135. The van der Waals surface area contributed by atoms with Gasteiger partial charge >= 0.3 is 0 Å². The van der Waals surface area contributed by atoms with Crippen molar-refractivity contribution in [1.29, 1.82) is 0 Å². The molecule has 0 radical (unpaired) electrons. The molecule has 0 amide bonds. The lowest BCUT2D eigenvalue weighted by molar-refractivity contribution is 0.697. The fraction of sp³-hybridized carbons (Fsp3) is 0.273. The van der Waals surface area contributed by atoms with E-state index in [9.17, 15) is 0 Å². The Hall–Kier alpha value is -6.16. The van der Waals surface area contributed by atoms with Crippen LogP contribution < -0.4 is 0 Å². The van der Waals surface area contributed by atoms with Crippen LogP contribution in [0.4, 0.5) is 0 Å². The molecule has 0 N–H and O–H groups in total. The van der Waals surface area contributed by atoms with Crippen molar-refractivity contribution in [3.05, 3.63) is 121 Å². The molecular weight excluding hydrogens is 669 g/mol. The Labute approximate surface area is 316 Å². The van der Waals surface area contributed by atoms with E-state index < -0.39 is 0 Å². The molecule has 0 saturated heterocycles. The van der Waals surface area contributed by atoms with E-state index in [1.54, 1.807) is 6.20 Å². The van der Waals surface area contributed by atoms with Gasteiger partial charge in [0, 0.05) is 69.4 Å². The third-order valence-electron chi connectivity index (χ3n) is 8.92. The molecule has 54 heavy (non-hydrogen) atoms. The van der Waals surface area contributed by atoms with Gasteiger partial charge in [-0.2, -0.15) is 0 Å². The Morgan fingerprint density at radius 3 is 1.07 bits per heavy atom. The summed E-state index contributed by atoms with van der Waals surface area (Å²) in [6.07, 6.45) is 3.62. The molecule has 270 valence electrons. The minimum absolute atomic E-state index is 0.135. The smallest absolute Gasteiger partial charge is 0.164 e. The molecule has 7 aromatic rings. The molecule has 0 saturated carbocycles. The van der Waals surface area contributed by atoms with Crippen LogP contribution in [0, 0.1) is 0 Å². The summed E-state index contributed by atoms with van der Waals surface area (Å²) in [5.41, 5.74) is 6.16. The second-order valence-corrected chi connectivity index (χ2v) is 14.7. The first kappa shape index (κ1) is 36.2. The number of nitrogens with zero attached hydrogens (tertiary/aromatic N) is 10. The zero-order chi connectivity index (χ0) is 37.9. The monoisotopic (exact) mass is 712 g/mol. The van der Waals surface area contributed by atoms with Gasteiger partial charge < -0.3 is 0 Å². The van der Waals surface area contributed by atoms with E-state index in [0.29, 0.717) is 29.1 Å². The highest BCUT2D eigenvalue weighted by atomic mass is 15.1. The molecule has 10 heteroatoms. The van der Waals surface area contributed by atoms with E-state index >= 15 is 0 Å². The zero-order valence-electron chi connectivity index (χ0n) is 32.0. The molecule has 0 aliphatic rings. The van der Waals surface area contributed by atoms with Crippen molar-refractivity contribution in [1.82, 2.24) is 49.8 Å². The van der Waals surface area contributed by atoms with Crippen molar-refractivity contribution in [3.8, 4) is 68.1 Å². The highest BCUT2D eigenvalue weighted by Gasteiger charge is 2.19. The van der Waals surface area contributed by atoms with Gasteiger partial charge in [0.25, 0.3) is 0 Å². The average molecular weight is 713 g/mol. The van der Waals surface area contributed by atoms with E-state index in [-0.39, 0.29) is 23.7 Å². The lowest BCUT2D eigenvalue weighted by atomic mass is 9.99. The number of rotatable bonds is 10. The topological polar surface area (TPSA) is 129 Å². The van der Waals surface area contributed by atoms with Crippen LogP contribution in [0.15, 0.2) is 97.3 Å². The number of hydrogen-bond acceptors (Lipinski definition) is 10. The van der Waals surface area contributed by atoms with E-state index in [2.05, 4.69) is 78.6 Å². The number of benzene rings is 3. The standard InChI is InChI=1S/C44H44N10/c1-25(2)36-46-37(26(3)4)49-41(48-36)30-16-18-31(19-17-30)42-52-40(29-13-10-9-11-14-29)53-44(54-42)35-22-33(32-15-12-20-45-24-32)21-34(23-35)43-50-38(27(5)6)47-39(51-43)28(7)8/h9-28H,1-8H3. The van der Waals surface area contributed by atoms with Crippen LogP contribution in [-0.2, 0) is 0 Å². The molecule has 4 heterocycles. The van der Waals surface area contributed by atoms with Gasteiger partial charge in [-0.3, -0.25) is 4.98 Å². The van der Waals surface area contributed by atoms with Gasteiger partial charge in [0.15, 0.2) is 29.1 Å². The van der Waals surface area contributed by atoms with Crippen LogP contribution in [-0.4, -0.2) is 49.8 Å². The van der Waals surface area contributed by atoms with Crippen LogP contribution in [0.3, 0.4) is 0 Å². The molecule has 0 bridgehead atoms. The Morgan fingerprint density at radius 1 is 0.315 bits per heavy atom. The predicted octanol–water partition coefficient (Wildman–Crippen LogP) is 10.1. The van der Waals surface area contributed by atoms with Crippen molar-refractivity contribution >= 4 is 0 Å². The quantitative estimate of drug-likeness (QED) is 0.135. The van der Waals surface area contributed by atoms with Crippen LogP contribution in [0.25, 0.3) is 68.1 Å². The number of pyridine rings is 1. The molecule has 0 aliphatic heterocycles. The second kappa shape index (κ2) is 15.4. The summed E-state index contributed by atoms with van der Waals surface area (Å²) in [5, 5.41) is 0. The number of aromatic nitrogens is 10. The van der Waals surface area contributed by atoms with Gasteiger partial charge in [0.05, 0.1) is 0 Å². The maximum Gasteiger partial charge on any atom is 0.164 e. The van der Waals surface area contributed by atoms with E-state index in [1.165, 1.54) is 0 Å². The van der Waals surface area contributed by atoms with E-state index in [0.717, 1.165) is 62.2 Å². The summed E-state index contributed by atoms with van der Waals surface area (Å²) in [5.74, 6) is 6.62. The summed E-state index contributed by atoms with van der Waals surface area (Å²) in [6.45, 7) is 16.8. The predicted molar refractivity (Wildman–Crippen MR) is 213 cm³/mol. The first-order valence-electron chi connectivity index (χ1n) is 18.5. The van der Waals surface area contributed by atoms with Crippen molar-refractivity contribution in [2.45, 2.75) is 79.1 Å². The van der Waals surface area contributed by atoms with E-state index in [1.807, 2.05) is 72.9 Å². The zero-order valence-corrected chi connectivity index (χ0v) is 32.0. The van der Waals surface area contributed by atoms with Gasteiger partial charge in [0.2, 0.25) is 0 Å². The highest BCUT2D eigenvalue weighted by Crippen LogP contribution is 2.33. The fourth-order valence-electron chi connectivity index (χ4n) is 5.81. The molecule has 7 rings (SSSR count). The van der Waals surface area contributed by atoms with Gasteiger partial charge in [-0.1, -0.05) is 116 Å². The largest absolute Gasteiger partial charge is 0.264 e. The van der Waals surface area contributed by atoms with Gasteiger partial charge in [-0.05, 0) is 29.8 Å². The molecule has 3 aromatic carbocycles. The summed E-state index contributed by atoms with van der Waals surface area (Å²) in [7, 11) is 0. The normalized spacial score (nSPS) is 11.6. The first-order valence-corrected chi connectivity index (χ1v) is 18.5. The van der Waals surface area contributed by atoms with Gasteiger partial charge in [-0.15, -0.1) is 0 Å². The lowest BCUT2D eigenvalue weighted by Gasteiger charge is -2.14. The maximum absolute atomic E-state index is 5.11. The molecule has 0 aliphatic carbocycles. The van der Waals surface area contributed by atoms with Crippen molar-refractivity contribution in [3.63, 3.8) is 0 Å². The highest BCUT2D eigenvalue weighted by molar-refractivity contribution is 5.78. The summed E-state index contributed by atoms with van der Waals surface area (Å²) >= 11 is 0. The fourth-order valence-corrected chi connectivity index (χ4v) is 5.81. The number of hydrogen-bond donors (Lipinski definition) is 0. The summed E-state index contributed by atoms with van der Waals surface area (Å²) in [6, 6.07) is 28.2. The average Bonchev–Trinajstić information content (AvgIpc) is 3.20. The Bertz CT molecular complexity index is 2340. The van der Waals surface area contributed by atoms with Gasteiger partial charge in [-0.25, -0.2) is 44.9 Å². The molecule has 4 aromatic heterocycles. The maximum atomic E-state index is 5.11. The molecular formula is C44H44N10. The van der Waals surface area contributed by atoms with Crippen molar-refractivity contribution < 1.29 is 0 Å². The van der Waals surface area contributed by atoms with Gasteiger partial charge in [0.1, 0.15) is 23.3 Å². The van der Waals surface area contributed by atoms with Crippen LogP contribution in [0.1, 0.15) is 102 Å². The molecule has 0 fully saturated rings. The molecule has 0 atom stereocenters. The first-order chi connectivity index (χ1) is 26.0. The third kappa shape index (κ3) is 7.93. The Balaban J connectivity index is 1.39.